The molecule has 0 spiro atoms. The van der Waals surface area contributed by atoms with Gasteiger partial charge in [-0.1, -0.05) is 6.42 Å². The molecule has 5 nitrogen and oxygen atoms in total. The molecular formula is C13H15F2NO4S. The van der Waals surface area contributed by atoms with Crippen LogP contribution in [0.15, 0.2) is 23.1 Å². The van der Waals surface area contributed by atoms with E-state index >= 15 is 0 Å². The molecule has 0 heterocycles. The van der Waals surface area contributed by atoms with Gasteiger partial charge in [0.05, 0.1) is 10.3 Å². The van der Waals surface area contributed by atoms with Crippen LogP contribution in [0.4, 0.5) is 8.78 Å². The predicted molar refractivity (Wildman–Crippen MR) is 70.1 cm³/mol. The van der Waals surface area contributed by atoms with E-state index in [1.807, 2.05) is 0 Å². The van der Waals surface area contributed by atoms with Crippen LogP contribution in [0.25, 0.3) is 0 Å². The Morgan fingerprint density at radius 3 is 2.43 bits per heavy atom. The summed E-state index contributed by atoms with van der Waals surface area (Å²) in [6.45, 7) is 1.46. The zero-order valence-electron chi connectivity index (χ0n) is 11.3. The number of nitrogens with one attached hydrogen (secondary N) is 1. The summed E-state index contributed by atoms with van der Waals surface area (Å²) in [6, 6.07) is 1.14. The largest absolute Gasteiger partial charge is 0.481 e. The Hall–Kier alpha value is -1.54. The van der Waals surface area contributed by atoms with E-state index in [4.69, 9.17) is 0 Å². The Morgan fingerprint density at radius 1 is 1.33 bits per heavy atom. The first-order valence-electron chi connectivity index (χ1n) is 6.37. The zero-order chi connectivity index (χ0) is 15.8. The quantitative estimate of drug-likeness (QED) is 0.887. The fourth-order valence-electron chi connectivity index (χ4n) is 2.55. The van der Waals surface area contributed by atoms with E-state index in [1.165, 1.54) is 6.92 Å². The lowest BCUT2D eigenvalue weighted by molar-refractivity contribution is -0.148. The topological polar surface area (TPSA) is 83.5 Å². The first-order chi connectivity index (χ1) is 9.65. The van der Waals surface area contributed by atoms with Gasteiger partial charge in [0.25, 0.3) is 0 Å². The molecule has 0 bridgehead atoms. The van der Waals surface area contributed by atoms with Gasteiger partial charge in [0, 0.05) is 12.1 Å². The number of benzene rings is 1. The van der Waals surface area contributed by atoms with Crippen molar-refractivity contribution >= 4 is 16.0 Å². The number of hydrogen-bond acceptors (Lipinski definition) is 3. The smallest absolute Gasteiger partial charge is 0.310 e. The van der Waals surface area contributed by atoms with Gasteiger partial charge in [-0.05, 0) is 31.9 Å². The summed E-state index contributed by atoms with van der Waals surface area (Å²) in [4.78, 5) is 10.8. The van der Waals surface area contributed by atoms with Crippen LogP contribution in [0.5, 0.6) is 0 Å². The van der Waals surface area contributed by atoms with Crippen LogP contribution in [0.2, 0.25) is 0 Å². The molecule has 21 heavy (non-hydrogen) atoms. The Morgan fingerprint density at radius 2 is 1.90 bits per heavy atom. The second-order valence-corrected chi connectivity index (χ2v) is 7.11. The van der Waals surface area contributed by atoms with Gasteiger partial charge in [0.2, 0.25) is 10.0 Å². The van der Waals surface area contributed by atoms with E-state index in [9.17, 15) is 27.1 Å². The highest BCUT2D eigenvalue weighted by atomic mass is 32.2. The number of halogens is 2. The Labute approximate surface area is 121 Å². The molecule has 0 radical (unpaired) electrons. The molecule has 1 aromatic carbocycles. The lowest BCUT2D eigenvalue weighted by atomic mass is 9.85. The molecule has 0 amide bonds. The molecule has 1 aromatic rings. The third-order valence-electron chi connectivity index (χ3n) is 3.89. The van der Waals surface area contributed by atoms with Crippen LogP contribution < -0.4 is 4.72 Å². The van der Waals surface area contributed by atoms with Crippen LogP contribution in [0.1, 0.15) is 26.2 Å². The monoisotopic (exact) mass is 319 g/mol. The number of carboxylic acids is 1. The first kappa shape index (κ1) is 15.8. The van der Waals surface area contributed by atoms with Crippen LogP contribution >= 0.6 is 0 Å². The van der Waals surface area contributed by atoms with Crippen molar-refractivity contribution in [1.29, 1.82) is 0 Å². The summed E-state index contributed by atoms with van der Waals surface area (Å²) in [5.41, 5.74) is -1.22. The molecule has 0 saturated heterocycles. The first-order valence-corrected chi connectivity index (χ1v) is 7.85. The van der Waals surface area contributed by atoms with Gasteiger partial charge in [0.15, 0.2) is 0 Å². The maximum atomic E-state index is 13.1. The second-order valence-electron chi connectivity index (χ2n) is 5.39. The molecule has 1 aliphatic rings. The van der Waals surface area contributed by atoms with Crippen molar-refractivity contribution in [2.75, 3.05) is 0 Å². The van der Waals surface area contributed by atoms with Gasteiger partial charge in [-0.3, -0.25) is 4.79 Å². The Kier molecular flexibility index (Phi) is 4.03. The molecule has 1 saturated carbocycles. The normalized spacial score (nSPS) is 26.0. The van der Waals surface area contributed by atoms with E-state index in [2.05, 4.69) is 4.72 Å². The van der Waals surface area contributed by atoms with Gasteiger partial charge >= 0.3 is 5.97 Å². The van der Waals surface area contributed by atoms with Crippen molar-refractivity contribution in [2.45, 2.75) is 37.1 Å². The molecule has 1 fully saturated rings. The van der Waals surface area contributed by atoms with Crippen molar-refractivity contribution < 1.29 is 27.1 Å². The maximum absolute atomic E-state index is 13.1. The van der Waals surface area contributed by atoms with Crippen LogP contribution in [-0.4, -0.2) is 25.5 Å². The fourth-order valence-corrected chi connectivity index (χ4v) is 3.97. The number of sulfonamides is 1. The molecule has 0 aliphatic heterocycles. The number of aliphatic carboxylic acids is 1. The highest BCUT2D eigenvalue weighted by molar-refractivity contribution is 7.89. The van der Waals surface area contributed by atoms with Gasteiger partial charge in [-0.15, -0.1) is 0 Å². The van der Waals surface area contributed by atoms with E-state index < -0.39 is 44.0 Å². The van der Waals surface area contributed by atoms with Crippen molar-refractivity contribution in [3.63, 3.8) is 0 Å². The summed E-state index contributed by atoms with van der Waals surface area (Å²) >= 11 is 0. The second kappa shape index (κ2) is 5.34. The summed E-state index contributed by atoms with van der Waals surface area (Å²) in [6.07, 6.45) is 1.26. The van der Waals surface area contributed by atoms with E-state index in [0.717, 1.165) is 0 Å². The highest BCUT2D eigenvalue weighted by Gasteiger charge is 2.46. The van der Waals surface area contributed by atoms with Crippen LogP contribution in [0, 0.1) is 17.0 Å². The molecule has 0 aromatic heterocycles. The highest BCUT2D eigenvalue weighted by Crippen LogP contribution is 2.38. The summed E-state index contributed by atoms with van der Waals surface area (Å²) in [5.74, 6) is -3.12. The minimum absolute atomic E-state index is 0.340. The Balaban J connectivity index is 2.31. The van der Waals surface area contributed by atoms with Gasteiger partial charge < -0.3 is 5.11 Å². The number of hydrogen-bond donors (Lipinski definition) is 2. The third-order valence-corrected chi connectivity index (χ3v) is 5.34. The molecular weight excluding hydrogens is 304 g/mol. The van der Waals surface area contributed by atoms with E-state index in [0.29, 0.717) is 37.5 Å². The SMILES string of the molecule is CC1(C(=O)O)CCCC1NS(=O)(=O)c1cc(F)cc(F)c1. The predicted octanol–water partition coefficient (Wildman–Crippen LogP) is 1.89. The standard InChI is InChI=1S/C13H15F2NO4S/c1-13(12(17)18)4-2-3-11(13)16-21(19,20)10-6-8(14)5-9(15)7-10/h5-7,11,16H,2-4H2,1H3,(H,17,18). The zero-order valence-corrected chi connectivity index (χ0v) is 12.1. The number of rotatable bonds is 4. The van der Waals surface area contributed by atoms with Gasteiger partial charge in [0.1, 0.15) is 11.6 Å². The van der Waals surface area contributed by atoms with E-state index in [1.54, 1.807) is 0 Å². The molecule has 2 atom stereocenters. The van der Waals surface area contributed by atoms with Crippen LogP contribution in [0.3, 0.4) is 0 Å². The summed E-state index contributed by atoms with van der Waals surface area (Å²) in [7, 11) is -4.19. The lowest BCUT2D eigenvalue weighted by Gasteiger charge is -2.27. The molecule has 116 valence electrons. The van der Waals surface area contributed by atoms with Crippen LogP contribution in [-0.2, 0) is 14.8 Å². The van der Waals surface area contributed by atoms with Crippen molar-refractivity contribution in [3.05, 3.63) is 29.8 Å². The van der Waals surface area contributed by atoms with E-state index in [-0.39, 0.29) is 0 Å². The fraction of sp³-hybridized carbons (Fsp3) is 0.462. The number of carboxylic acid groups (broad SMARTS) is 1. The molecule has 2 unspecified atom stereocenters. The minimum Gasteiger partial charge on any atom is -0.481 e. The van der Waals surface area contributed by atoms with Crippen molar-refractivity contribution in [1.82, 2.24) is 4.72 Å². The van der Waals surface area contributed by atoms with Crippen molar-refractivity contribution in [2.24, 2.45) is 5.41 Å². The summed E-state index contributed by atoms with van der Waals surface area (Å²) < 4.78 is 52.8. The Bertz CT molecular complexity index is 656. The average Bonchev–Trinajstić information content (AvgIpc) is 2.70. The van der Waals surface area contributed by atoms with Crippen molar-refractivity contribution in [3.8, 4) is 0 Å². The van der Waals surface area contributed by atoms with Gasteiger partial charge in [-0.25, -0.2) is 21.9 Å². The molecule has 2 rings (SSSR count). The molecule has 8 heteroatoms. The molecule has 2 N–H and O–H groups in total. The average molecular weight is 319 g/mol. The summed E-state index contributed by atoms with van der Waals surface area (Å²) in [5, 5.41) is 9.24. The molecule has 1 aliphatic carbocycles. The lowest BCUT2D eigenvalue weighted by Crippen LogP contribution is -2.46. The van der Waals surface area contributed by atoms with Gasteiger partial charge in [-0.2, -0.15) is 0 Å². The number of carbonyl (C=O) groups is 1. The maximum Gasteiger partial charge on any atom is 0.310 e. The minimum atomic E-state index is -4.19. The third kappa shape index (κ3) is 3.06.